The third kappa shape index (κ3) is 3.67. The van der Waals surface area contributed by atoms with Crippen molar-refractivity contribution >= 4 is 22.9 Å². The van der Waals surface area contributed by atoms with Crippen molar-refractivity contribution in [3.05, 3.63) is 28.3 Å². The highest BCUT2D eigenvalue weighted by molar-refractivity contribution is 6.45. The van der Waals surface area contributed by atoms with Crippen LogP contribution >= 0.6 is 0 Å². The van der Waals surface area contributed by atoms with E-state index >= 15 is 0 Å². The predicted octanol–water partition coefficient (Wildman–Crippen LogP) is 1.22. The Hall–Kier alpha value is -3.15. The SMILES string of the molecule is CCOc1ccc(N/N=C(\C#N)C(=N)N)cc1[N+](=O)[O-]. The number of amidine groups is 1. The summed E-state index contributed by atoms with van der Waals surface area (Å²) in [7, 11) is 0. The smallest absolute Gasteiger partial charge is 0.313 e. The van der Waals surface area contributed by atoms with Crippen molar-refractivity contribution < 1.29 is 9.66 Å². The van der Waals surface area contributed by atoms with Crippen LogP contribution in [0.25, 0.3) is 0 Å². The van der Waals surface area contributed by atoms with Crippen LogP contribution in [0, 0.1) is 26.9 Å². The van der Waals surface area contributed by atoms with E-state index in [1.807, 2.05) is 0 Å². The number of rotatable bonds is 6. The minimum atomic E-state index is -0.587. The first kappa shape index (κ1) is 14.9. The molecule has 0 aromatic heterocycles. The molecule has 0 saturated heterocycles. The highest BCUT2D eigenvalue weighted by atomic mass is 16.6. The van der Waals surface area contributed by atoms with Gasteiger partial charge in [0.25, 0.3) is 0 Å². The van der Waals surface area contributed by atoms with E-state index in [0.29, 0.717) is 6.61 Å². The van der Waals surface area contributed by atoms with Crippen LogP contribution in [0.5, 0.6) is 5.75 Å². The van der Waals surface area contributed by atoms with Crippen LogP contribution in [0.3, 0.4) is 0 Å². The highest BCUT2D eigenvalue weighted by Gasteiger charge is 2.15. The van der Waals surface area contributed by atoms with Gasteiger partial charge in [-0.05, 0) is 19.1 Å². The molecule has 20 heavy (non-hydrogen) atoms. The summed E-state index contributed by atoms with van der Waals surface area (Å²) in [5.74, 6) is -0.362. The summed E-state index contributed by atoms with van der Waals surface area (Å²) in [6, 6.07) is 5.74. The van der Waals surface area contributed by atoms with E-state index in [-0.39, 0.29) is 22.8 Å². The van der Waals surface area contributed by atoms with Gasteiger partial charge in [-0.1, -0.05) is 0 Å². The van der Waals surface area contributed by atoms with Gasteiger partial charge in [0.1, 0.15) is 6.07 Å². The summed E-state index contributed by atoms with van der Waals surface area (Å²) in [5, 5.41) is 30.2. The molecule has 0 bridgehead atoms. The lowest BCUT2D eigenvalue weighted by Crippen LogP contribution is -2.21. The van der Waals surface area contributed by atoms with Gasteiger partial charge in [0.15, 0.2) is 11.6 Å². The van der Waals surface area contributed by atoms with Gasteiger partial charge in [0.05, 0.1) is 17.2 Å². The van der Waals surface area contributed by atoms with Crippen molar-refractivity contribution in [1.29, 1.82) is 10.7 Å². The van der Waals surface area contributed by atoms with Crippen molar-refractivity contribution in [2.45, 2.75) is 6.92 Å². The summed E-state index contributed by atoms with van der Waals surface area (Å²) in [4.78, 5) is 10.3. The van der Waals surface area contributed by atoms with Crippen molar-refractivity contribution in [1.82, 2.24) is 0 Å². The molecular formula is C11H12N6O3. The van der Waals surface area contributed by atoms with Gasteiger partial charge in [-0.15, -0.1) is 0 Å². The second-order valence-electron chi connectivity index (χ2n) is 3.47. The number of anilines is 1. The molecule has 0 atom stereocenters. The normalized spacial score (nSPS) is 10.5. The van der Waals surface area contributed by atoms with Crippen LogP contribution in [0.15, 0.2) is 23.3 Å². The van der Waals surface area contributed by atoms with Crippen LogP contribution in [-0.4, -0.2) is 23.1 Å². The largest absolute Gasteiger partial charge is 0.487 e. The van der Waals surface area contributed by atoms with Gasteiger partial charge in [-0.25, -0.2) is 0 Å². The van der Waals surface area contributed by atoms with E-state index in [2.05, 4.69) is 10.5 Å². The first-order chi connectivity index (χ1) is 9.49. The van der Waals surface area contributed by atoms with E-state index < -0.39 is 10.8 Å². The quantitative estimate of drug-likeness (QED) is 0.307. The number of benzene rings is 1. The van der Waals surface area contributed by atoms with Crippen molar-refractivity contribution in [2.75, 3.05) is 12.0 Å². The Morgan fingerprint density at radius 2 is 2.40 bits per heavy atom. The van der Waals surface area contributed by atoms with Crippen LogP contribution < -0.4 is 15.9 Å². The lowest BCUT2D eigenvalue weighted by Gasteiger charge is -2.06. The Morgan fingerprint density at radius 1 is 1.70 bits per heavy atom. The topological polar surface area (TPSA) is 150 Å². The van der Waals surface area contributed by atoms with Crippen LogP contribution in [0.2, 0.25) is 0 Å². The van der Waals surface area contributed by atoms with Gasteiger partial charge >= 0.3 is 5.69 Å². The third-order valence-corrected chi connectivity index (χ3v) is 2.11. The Balaban J connectivity index is 3.04. The van der Waals surface area contributed by atoms with Crippen molar-refractivity contribution in [2.24, 2.45) is 10.8 Å². The third-order valence-electron chi connectivity index (χ3n) is 2.11. The van der Waals surface area contributed by atoms with Gasteiger partial charge in [-0.3, -0.25) is 20.9 Å². The molecule has 0 amide bonds. The van der Waals surface area contributed by atoms with Gasteiger partial charge in [-0.2, -0.15) is 10.4 Å². The Kier molecular flexibility index (Phi) is 4.99. The first-order valence-corrected chi connectivity index (χ1v) is 5.49. The van der Waals surface area contributed by atoms with Crippen molar-refractivity contribution in [3.8, 4) is 11.8 Å². The maximum absolute atomic E-state index is 10.9. The predicted molar refractivity (Wildman–Crippen MR) is 72.9 cm³/mol. The summed E-state index contributed by atoms with van der Waals surface area (Å²) in [6.07, 6.45) is 0. The zero-order chi connectivity index (χ0) is 15.1. The minimum absolute atomic E-state index is 0.138. The zero-order valence-corrected chi connectivity index (χ0v) is 10.6. The number of hydrazone groups is 1. The van der Waals surface area contributed by atoms with Gasteiger partial charge in [0, 0.05) is 6.07 Å². The van der Waals surface area contributed by atoms with Gasteiger partial charge < -0.3 is 10.5 Å². The lowest BCUT2D eigenvalue weighted by atomic mass is 10.2. The Bertz CT molecular complexity index is 605. The number of nitro benzene ring substituents is 1. The molecule has 104 valence electrons. The molecule has 0 aliphatic rings. The summed E-state index contributed by atoms with van der Waals surface area (Å²) < 4.78 is 5.13. The first-order valence-electron chi connectivity index (χ1n) is 5.49. The number of hydrogen-bond acceptors (Lipinski definition) is 7. The molecule has 1 aromatic rings. The number of nitrogens with two attached hydrogens (primary N) is 1. The number of nitrogens with one attached hydrogen (secondary N) is 2. The number of ether oxygens (including phenoxy) is 1. The number of nitro groups is 1. The monoisotopic (exact) mass is 276 g/mol. The molecule has 0 aliphatic carbocycles. The van der Waals surface area contributed by atoms with Crippen LogP contribution in [0.4, 0.5) is 11.4 Å². The molecule has 0 heterocycles. The maximum Gasteiger partial charge on any atom is 0.313 e. The fraction of sp³-hybridized carbons (Fsp3) is 0.182. The Labute approximate surface area is 114 Å². The minimum Gasteiger partial charge on any atom is -0.487 e. The molecule has 0 fully saturated rings. The lowest BCUT2D eigenvalue weighted by molar-refractivity contribution is -0.385. The molecule has 1 rings (SSSR count). The van der Waals surface area contributed by atoms with E-state index in [4.69, 9.17) is 21.1 Å². The van der Waals surface area contributed by atoms with Crippen molar-refractivity contribution in [3.63, 3.8) is 0 Å². The van der Waals surface area contributed by atoms with E-state index in [0.717, 1.165) is 0 Å². The Morgan fingerprint density at radius 3 is 2.90 bits per heavy atom. The number of nitrogens with zero attached hydrogens (tertiary/aromatic N) is 3. The molecule has 0 saturated carbocycles. The number of hydrogen-bond donors (Lipinski definition) is 3. The standard InChI is InChI=1S/C11H12N6O3/c1-2-20-10-4-3-7(5-9(10)17(18)19)15-16-8(6-12)11(13)14/h3-5,15H,2H2,1H3,(H3,13,14)/b16-8+. The molecule has 4 N–H and O–H groups in total. The fourth-order valence-electron chi connectivity index (χ4n) is 1.27. The van der Waals surface area contributed by atoms with E-state index in [1.54, 1.807) is 13.0 Å². The molecule has 1 aromatic carbocycles. The van der Waals surface area contributed by atoms with E-state index in [9.17, 15) is 10.1 Å². The average molecular weight is 276 g/mol. The summed E-state index contributed by atoms with van der Waals surface area (Å²) >= 11 is 0. The number of nitriles is 1. The molecule has 9 heteroatoms. The average Bonchev–Trinajstić information content (AvgIpc) is 2.40. The maximum atomic E-state index is 10.9. The molecular weight excluding hydrogens is 264 g/mol. The second kappa shape index (κ2) is 6.69. The molecule has 9 nitrogen and oxygen atoms in total. The zero-order valence-electron chi connectivity index (χ0n) is 10.6. The van der Waals surface area contributed by atoms with Crippen LogP contribution in [-0.2, 0) is 0 Å². The molecule has 0 radical (unpaired) electrons. The second-order valence-corrected chi connectivity index (χ2v) is 3.47. The molecule has 0 unspecified atom stereocenters. The van der Waals surface area contributed by atoms with Crippen LogP contribution in [0.1, 0.15) is 6.92 Å². The fourth-order valence-corrected chi connectivity index (χ4v) is 1.27. The molecule has 0 aliphatic heterocycles. The summed E-state index contributed by atoms with van der Waals surface area (Å²) in [5.41, 5.74) is 7.27. The molecule has 0 spiro atoms. The van der Waals surface area contributed by atoms with E-state index in [1.165, 1.54) is 18.2 Å². The summed E-state index contributed by atoms with van der Waals surface area (Å²) in [6.45, 7) is 2.01. The highest BCUT2D eigenvalue weighted by Crippen LogP contribution is 2.29. The van der Waals surface area contributed by atoms with Gasteiger partial charge in [0.2, 0.25) is 5.71 Å².